The molecule has 0 radical (unpaired) electrons. The fourth-order valence-corrected chi connectivity index (χ4v) is 2.77. The molecule has 0 aliphatic carbocycles. The Morgan fingerprint density at radius 3 is 1.65 bits per heavy atom. The molecule has 0 bridgehead atoms. The quantitative estimate of drug-likeness (QED) is 0.212. The first-order valence-corrected chi connectivity index (χ1v) is 11.1. The van der Waals surface area contributed by atoms with E-state index in [9.17, 15) is 8.42 Å². The molecule has 0 aliphatic rings. The molecular formula is C19H41NaO5S. The van der Waals surface area contributed by atoms with Crippen molar-refractivity contribution in [1.29, 1.82) is 0 Å². The number of unbranched alkanes of at least 4 members (excludes halogenated alkanes) is 9. The molecule has 26 heavy (non-hydrogen) atoms. The molecule has 0 aromatic rings. The SMILES string of the molecule is C=CCOS(=O)(=O)OCCCCCCCCCCCC.CCOCC.[H-].[Na+]. The van der Waals surface area contributed by atoms with Gasteiger partial charge in [-0.3, -0.25) is 0 Å². The summed E-state index contributed by atoms with van der Waals surface area (Å²) in [6, 6.07) is 0. The van der Waals surface area contributed by atoms with E-state index in [-0.39, 0.29) is 44.2 Å². The van der Waals surface area contributed by atoms with E-state index in [0.29, 0.717) is 0 Å². The van der Waals surface area contributed by atoms with Crippen LogP contribution in [0.2, 0.25) is 0 Å². The predicted molar refractivity (Wildman–Crippen MR) is 106 cm³/mol. The molecule has 0 fully saturated rings. The van der Waals surface area contributed by atoms with E-state index in [2.05, 4.69) is 17.7 Å². The summed E-state index contributed by atoms with van der Waals surface area (Å²) in [6.45, 7) is 11.4. The van der Waals surface area contributed by atoms with Gasteiger partial charge >= 0.3 is 40.0 Å². The Hall–Kier alpha value is 0.570. The molecule has 0 spiro atoms. The topological polar surface area (TPSA) is 61.8 Å². The fraction of sp³-hybridized carbons (Fsp3) is 0.895. The molecule has 0 saturated carbocycles. The summed E-state index contributed by atoms with van der Waals surface area (Å²) in [5.74, 6) is 0. The Morgan fingerprint density at radius 2 is 1.27 bits per heavy atom. The molecule has 0 unspecified atom stereocenters. The van der Waals surface area contributed by atoms with Gasteiger partial charge < -0.3 is 6.16 Å². The normalized spacial score (nSPS) is 10.6. The van der Waals surface area contributed by atoms with E-state index in [1.165, 1.54) is 51.0 Å². The van der Waals surface area contributed by atoms with Crippen molar-refractivity contribution in [1.82, 2.24) is 0 Å². The van der Waals surface area contributed by atoms with E-state index < -0.39 is 10.4 Å². The maximum Gasteiger partial charge on any atom is 1.00 e. The van der Waals surface area contributed by atoms with E-state index >= 15 is 0 Å². The Labute approximate surface area is 186 Å². The molecule has 0 atom stereocenters. The minimum absolute atomic E-state index is 0. The minimum Gasteiger partial charge on any atom is -1.00 e. The summed E-state index contributed by atoms with van der Waals surface area (Å²) in [5.41, 5.74) is 0. The summed E-state index contributed by atoms with van der Waals surface area (Å²) in [5, 5.41) is 0. The zero-order valence-corrected chi connectivity index (χ0v) is 20.4. The van der Waals surface area contributed by atoms with Crippen LogP contribution in [0.4, 0.5) is 0 Å². The largest absolute Gasteiger partial charge is 1.00 e. The van der Waals surface area contributed by atoms with Crippen LogP contribution in [-0.4, -0.2) is 34.8 Å². The number of hydrogen-bond acceptors (Lipinski definition) is 5. The first kappa shape index (κ1) is 31.3. The van der Waals surface area contributed by atoms with Gasteiger partial charge in [-0.05, 0) is 20.3 Å². The van der Waals surface area contributed by atoms with Gasteiger partial charge in [0.1, 0.15) is 0 Å². The Bertz CT molecular complexity index is 365. The van der Waals surface area contributed by atoms with Crippen LogP contribution < -0.4 is 29.6 Å². The van der Waals surface area contributed by atoms with E-state index in [4.69, 9.17) is 8.92 Å². The van der Waals surface area contributed by atoms with Crippen molar-refractivity contribution >= 4 is 10.4 Å². The summed E-state index contributed by atoms with van der Waals surface area (Å²) >= 11 is 0. The maximum atomic E-state index is 11.2. The van der Waals surface area contributed by atoms with Gasteiger partial charge in [-0.15, -0.1) is 6.58 Å². The van der Waals surface area contributed by atoms with Gasteiger partial charge in [0.15, 0.2) is 0 Å². The summed E-state index contributed by atoms with van der Waals surface area (Å²) < 4.78 is 36.4. The molecule has 0 rings (SSSR count). The average molecular weight is 405 g/mol. The molecule has 0 aromatic carbocycles. The molecule has 0 heterocycles. The molecule has 5 nitrogen and oxygen atoms in total. The van der Waals surface area contributed by atoms with Crippen LogP contribution in [0.5, 0.6) is 0 Å². The van der Waals surface area contributed by atoms with Crippen LogP contribution in [0.25, 0.3) is 0 Å². The molecule has 154 valence electrons. The molecule has 0 N–H and O–H groups in total. The molecule has 7 heteroatoms. The van der Waals surface area contributed by atoms with Gasteiger partial charge in [0.05, 0.1) is 13.2 Å². The van der Waals surface area contributed by atoms with Crippen molar-refractivity contribution in [2.24, 2.45) is 0 Å². The zero-order chi connectivity index (χ0) is 19.2. The first-order valence-electron chi connectivity index (χ1n) is 9.76. The van der Waals surface area contributed by atoms with Crippen molar-refractivity contribution in [2.75, 3.05) is 26.4 Å². The summed E-state index contributed by atoms with van der Waals surface area (Å²) in [6.07, 6.45) is 13.4. The van der Waals surface area contributed by atoms with Gasteiger partial charge in [0, 0.05) is 13.2 Å². The summed E-state index contributed by atoms with van der Waals surface area (Å²) in [4.78, 5) is 0. The van der Waals surface area contributed by atoms with Gasteiger partial charge in [0.25, 0.3) is 0 Å². The van der Waals surface area contributed by atoms with Crippen molar-refractivity contribution < 1.29 is 52.5 Å². The Kier molecular flexibility index (Phi) is 30.8. The number of rotatable bonds is 17. The monoisotopic (exact) mass is 404 g/mol. The zero-order valence-electron chi connectivity index (χ0n) is 18.6. The van der Waals surface area contributed by atoms with E-state index in [1.807, 2.05) is 13.8 Å². The molecule has 0 saturated heterocycles. The second-order valence-corrected chi connectivity index (χ2v) is 7.05. The van der Waals surface area contributed by atoms with Gasteiger partial charge in [-0.1, -0.05) is 70.8 Å². The van der Waals surface area contributed by atoms with Gasteiger partial charge in [-0.2, -0.15) is 8.42 Å². The average Bonchev–Trinajstić information content (AvgIpc) is 2.59. The summed E-state index contributed by atoms with van der Waals surface area (Å²) in [7, 11) is -3.83. The Morgan fingerprint density at radius 1 is 0.808 bits per heavy atom. The van der Waals surface area contributed by atoms with E-state index in [1.54, 1.807) is 0 Å². The van der Waals surface area contributed by atoms with Crippen molar-refractivity contribution in [3.05, 3.63) is 12.7 Å². The van der Waals surface area contributed by atoms with Crippen molar-refractivity contribution in [3.63, 3.8) is 0 Å². The molecule has 0 amide bonds. The Balaban J connectivity index is -0.000000333. The van der Waals surface area contributed by atoms with Gasteiger partial charge in [-0.25, -0.2) is 8.37 Å². The maximum absolute atomic E-state index is 11.2. The van der Waals surface area contributed by atoms with E-state index in [0.717, 1.165) is 32.5 Å². The fourth-order valence-electron chi connectivity index (χ4n) is 2.12. The second-order valence-electron chi connectivity index (χ2n) is 5.77. The smallest absolute Gasteiger partial charge is 1.00 e. The molecular weight excluding hydrogens is 363 g/mol. The van der Waals surface area contributed by atoms with Crippen LogP contribution in [0, 0.1) is 0 Å². The number of ether oxygens (including phenoxy) is 1. The van der Waals surface area contributed by atoms with Gasteiger partial charge in [0.2, 0.25) is 0 Å². The first-order chi connectivity index (χ1) is 12.0. The van der Waals surface area contributed by atoms with Crippen LogP contribution in [-0.2, 0) is 23.5 Å². The standard InChI is InChI=1S/C15H30O4S.C4H10O.Na.H/c1-3-5-6-7-8-9-10-11-12-13-15-19-20(16,17)18-14-4-2;1-3-5-4-2;;/h4H,2-3,5-15H2,1H3;3-4H2,1-2H3;;/q;;+1;-1. The predicted octanol–water partition coefficient (Wildman–Crippen LogP) is 2.53. The molecule has 0 aliphatic heterocycles. The minimum atomic E-state index is -3.83. The van der Waals surface area contributed by atoms with Crippen LogP contribution in [0.3, 0.4) is 0 Å². The third kappa shape index (κ3) is 29.3. The van der Waals surface area contributed by atoms with Crippen molar-refractivity contribution in [3.8, 4) is 0 Å². The third-order valence-electron chi connectivity index (χ3n) is 3.46. The second kappa shape index (κ2) is 25.6. The number of hydrogen-bond donors (Lipinski definition) is 0. The van der Waals surface area contributed by atoms with Crippen LogP contribution in [0.1, 0.15) is 86.4 Å². The van der Waals surface area contributed by atoms with Crippen LogP contribution in [0.15, 0.2) is 12.7 Å². The van der Waals surface area contributed by atoms with Crippen molar-refractivity contribution in [2.45, 2.75) is 85.0 Å². The third-order valence-corrected chi connectivity index (χ3v) is 4.34. The van der Waals surface area contributed by atoms with Crippen LogP contribution >= 0.6 is 0 Å². The molecule has 0 aromatic heterocycles.